The lowest BCUT2D eigenvalue weighted by atomic mass is 10.2. The SMILES string of the molecule is CCCc1nc(CSc2ccc(CC(=O)O)cc2)no1. The van der Waals surface area contributed by atoms with Crippen LogP contribution in [0.25, 0.3) is 0 Å². The topological polar surface area (TPSA) is 76.2 Å². The molecule has 0 spiro atoms. The van der Waals surface area contributed by atoms with Crippen molar-refractivity contribution in [3.63, 3.8) is 0 Å². The summed E-state index contributed by atoms with van der Waals surface area (Å²) in [5.41, 5.74) is 0.798. The minimum Gasteiger partial charge on any atom is -0.481 e. The molecular formula is C14H16N2O3S. The standard InChI is InChI=1S/C14H16N2O3S/c1-2-3-13-15-12(16-19-13)9-20-11-6-4-10(5-7-11)8-14(17)18/h4-7H,2-3,8-9H2,1H3,(H,17,18). The molecule has 1 heterocycles. The Hall–Kier alpha value is -1.82. The molecule has 0 aliphatic carbocycles. The van der Waals surface area contributed by atoms with Crippen molar-refractivity contribution in [1.29, 1.82) is 0 Å². The highest BCUT2D eigenvalue weighted by Gasteiger charge is 2.06. The van der Waals surface area contributed by atoms with Gasteiger partial charge in [0.1, 0.15) is 0 Å². The van der Waals surface area contributed by atoms with E-state index >= 15 is 0 Å². The number of carboxylic acids is 1. The average Bonchev–Trinajstić information content (AvgIpc) is 2.86. The zero-order chi connectivity index (χ0) is 14.4. The van der Waals surface area contributed by atoms with Gasteiger partial charge in [-0.2, -0.15) is 4.98 Å². The van der Waals surface area contributed by atoms with E-state index in [1.165, 1.54) is 0 Å². The van der Waals surface area contributed by atoms with Crippen molar-refractivity contribution < 1.29 is 14.4 Å². The van der Waals surface area contributed by atoms with Crippen LogP contribution in [-0.2, 0) is 23.4 Å². The largest absolute Gasteiger partial charge is 0.481 e. The van der Waals surface area contributed by atoms with Crippen LogP contribution in [0.15, 0.2) is 33.7 Å². The summed E-state index contributed by atoms with van der Waals surface area (Å²) < 4.78 is 5.12. The van der Waals surface area contributed by atoms with E-state index < -0.39 is 5.97 Å². The third-order valence-corrected chi connectivity index (χ3v) is 3.63. The number of hydrogen-bond acceptors (Lipinski definition) is 5. The summed E-state index contributed by atoms with van der Waals surface area (Å²) in [7, 11) is 0. The fourth-order valence-corrected chi connectivity index (χ4v) is 2.43. The van der Waals surface area contributed by atoms with Gasteiger partial charge in [0.15, 0.2) is 5.82 Å². The highest BCUT2D eigenvalue weighted by molar-refractivity contribution is 7.98. The summed E-state index contributed by atoms with van der Waals surface area (Å²) in [5, 5.41) is 12.6. The Balaban J connectivity index is 1.88. The Morgan fingerprint density at radius 2 is 2.10 bits per heavy atom. The number of nitrogens with zero attached hydrogens (tertiary/aromatic N) is 2. The van der Waals surface area contributed by atoms with Crippen molar-refractivity contribution in [2.24, 2.45) is 0 Å². The van der Waals surface area contributed by atoms with Crippen LogP contribution in [0, 0.1) is 0 Å². The van der Waals surface area contributed by atoms with E-state index in [0.29, 0.717) is 17.5 Å². The normalized spacial score (nSPS) is 10.7. The van der Waals surface area contributed by atoms with Gasteiger partial charge < -0.3 is 9.63 Å². The molecule has 0 saturated carbocycles. The molecule has 0 amide bonds. The molecule has 20 heavy (non-hydrogen) atoms. The smallest absolute Gasteiger partial charge is 0.307 e. The second-order valence-corrected chi connectivity index (χ2v) is 5.41. The van der Waals surface area contributed by atoms with Gasteiger partial charge >= 0.3 is 5.97 Å². The van der Waals surface area contributed by atoms with Gasteiger partial charge in [0.2, 0.25) is 5.89 Å². The number of thioether (sulfide) groups is 1. The molecule has 0 saturated heterocycles. The molecule has 2 aromatic rings. The molecule has 0 radical (unpaired) electrons. The van der Waals surface area contributed by atoms with E-state index in [-0.39, 0.29) is 6.42 Å². The van der Waals surface area contributed by atoms with E-state index in [0.717, 1.165) is 23.3 Å². The van der Waals surface area contributed by atoms with Gasteiger partial charge in [0.25, 0.3) is 0 Å². The van der Waals surface area contributed by atoms with Gasteiger partial charge in [-0.1, -0.05) is 24.2 Å². The van der Waals surface area contributed by atoms with Crippen LogP contribution in [0.5, 0.6) is 0 Å². The Morgan fingerprint density at radius 1 is 1.35 bits per heavy atom. The van der Waals surface area contributed by atoms with Crippen LogP contribution in [0.1, 0.15) is 30.6 Å². The first-order chi connectivity index (χ1) is 9.67. The molecule has 0 aliphatic heterocycles. The summed E-state index contributed by atoms with van der Waals surface area (Å²) in [6, 6.07) is 7.48. The molecular weight excluding hydrogens is 276 g/mol. The van der Waals surface area contributed by atoms with Crippen molar-refractivity contribution in [2.45, 2.75) is 36.8 Å². The predicted molar refractivity (Wildman–Crippen MR) is 75.6 cm³/mol. The third kappa shape index (κ3) is 4.38. The van der Waals surface area contributed by atoms with Crippen LogP contribution in [0.3, 0.4) is 0 Å². The molecule has 5 nitrogen and oxygen atoms in total. The number of aromatic nitrogens is 2. The Morgan fingerprint density at radius 3 is 2.75 bits per heavy atom. The highest BCUT2D eigenvalue weighted by Crippen LogP contribution is 2.22. The number of rotatable bonds is 7. The highest BCUT2D eigenvalue weighted by atomic mass is 32.2. The van der Waals surface area contributed by atoms with Crippen LogP contribution in [0.2, 0.25) is 0 Å². The van der Waals surface area contributed by atoms with E-state index in [4.69, 9.17) is 9.63 Å². The minimum absolute atomic E-state index is 0.0518. The first-order valence-corrected chi connectivity index (χ1v) is 7.41. The summed E-state index contributed by atoms with van der Waals surface area (Å²) in [5.74, 6) is 1.19. The van der Waals surface area contributed by atoms with Gasteiger partial charge in [-0.05, 0) is 24.1 Å². The number of aliphatic carboxylic acids is 1. The molecule has 1 N–H and O–H groups in total. The number of carboxylic acid groups (broad SMARTS) is 1. The minimum atomic E-state index is -0.819. The maximum absolute atomic E-state index is 10.6. The van der Waals surface area contributed by atoms with Crippen molar-refractivity contribution in [3.05, 3.63) is 41.5 Å². The van der Waals surface area contributed by atoms with E-state index in [1.54, 1.807) is 11.8 Å². The monoisotopic (exact) mass is 292 g/mol. The number of benzene rings is 1. The van der Waals surface area contributed by atoms with Crippen molar-refractivity contribution in [3.8, 4) is 0 Å². The molecule has 1 aromatic heterocycles. The van der Waals surface area contributed by atoms with E-state index in [2.05, 4.69) is 17.1 Å². The zero-order valence-corrected chi connectivity index (χ0v) is 12.0. The molecule has 0 bridgehead atoms. The van der Waals surface area contributed by atoms with Gasteiger partial charge in [-0.25, -0.2) is 0 Å². The lowest BCUT2D eigenvalue weighted by molar-refractivity contribution is -0.136. The number of aryl methyl sites for hydroxylation is 1. The fraction of sp³-hybridized carbons (Fsp3) is 0.357. The maximum atomic E-state index is 10.6. The average molecular weight is 292 g/mol. The van der Waals surface area contributed by atoms with Crippen LogP contribution >= 0.6 is 11.8 Å². The van der Waals surface area contributed by atoms with Crippen LogP contribution < -0.4 is 0 Å². The van der Waals surface area contributed by atoms with Crippen LogP contribution in [0.4, 0.5) is 0 Å². The first-order valence-electron chi connectivity index (χ1n) is 6.42. The molecule has 0 aliphatic rings. The van der Waals surface area contributed by atoms with Crippen molar-refractivity contribution in [1.82, 2.24) is 10.1 Å². The Labute approximate surface area is 121 Å². The molecule has 106 valence electrons. The zero-order valence-electron chi connectivity index (χ0n) is 11.2. The molecule has 1 aromatic carbocycles. The third-order valence-electron chi connectivity index (χ3n) is 2.62. The number of hydrogen-bond donors (Lipinski definition) is 1. The second kappa shape index (κ2) is 7.09. The first kappa shape index (κ1) is 14.6. The predicted octanol–water partition coefficient (Wildman–Crippen LogP) is 2.94. The van der Waals surface area contributed by atoms with E-state index in [1.807, 2.05) is 24.3 Å². The van der Waals surface area contributed by atoms with E-state index in [9.17, 15) is 4.79 Å². The van der Waals surface area contributed by atoms with Gasteiger partial charge in [-0.3, -0.25) is 4.79 Å². The summed E-state index contributed by atoms with van der Waals surface area (Å²) in [6.07, 6.45) is 1.84. The molecule has 0 unspecified atom stereocenters. The fourth-order valence-electron chi connectivity index (χ4n) is 1.69. The molecule has 0 atom stereocenters. The maximum Gasteiger partial charge on any atom is 0.307 e. The van der Waals surface area contributed by atoms with Crippen LogP contribution in [-0.4, -0.2) is 21.2 Å². The quantitative estimate of drug-likeness (QED) is 0.791. The summed E-state index contributed by atoms with van der Waals surface area (Å²) >= 11 is 1.60. The van der Waals surface area contributed by atoms with Gasteiger partial charge in [-0.15, -0.1) is 11.8 Å². The van der Waals surface area contributed by atoms with Crippen molar-refractivity contribution >= 4 is 17.7 Å². The Kier molecular flexibility index (Phi) is 5.17. The van der Waals surface area contributed by atoms with Gasteiger partial charge in [0, 0.05) is 11.3 Å². The van der Waals surface area contributed by atoms with Gasteiger partial charge in [0.05, 0.1) is 12.2 Å². The Bertz CT molecular complexity index is 566. The second-order valence-electron chi connectivity index (χ2n) is 4.36. The lowest BCUT2D eigenvalue weighted by Crippen LogP contribution is -1.99. The summed E-state index contributed by atoms with van der Waals surface area (Å²) in [6.45, 7) is 2.07. The summed E-state index contributed by atoms with van der Waals surface area (Å²) in [4.78, 5) is 15.9. The molecule has 0 fully saturated rings. The molecule has 2 rings (SSSR count). The number of carbonyl (C=O) groups is 1. The lowest BCUT2D eigenvalue weighted by Gasteiger charge is -2.00. The molecule has 6 heteroatoms. The van der Waals surface area contributed by atoms with Crippen molar-refractivity contribution in [2.75, 3.05) is 0 Å².